The Hall–Kier alpha value is -1.68. The van der Waals surface area contributed by atoms with E-state index in [1.807, 2.05) is 0 Å². The van der Waals surface area contributed by atoms with E-state index in [0.717, 1.165) is 0 Å². The highest BCUT2D eigenvalue weighted by molar-refractivity contribution is 5.93. The molecule has 2 aliphatic heterocycles. The van der Waals surface area contributed by atoms with E-state index in [-0.39, 0.29) is 37.1 Å². The number of nitrogen functional groups attached to an aromatic ring is 1. The zero-order valence-corrected chi connectivity index (χ0v) is 11.4. The lowest BCUT2D eigenvalue weighted by atomic mass is 9.99. The Morgan fingerprint density at radius 2 is 2.43 bits per heavy atom. The fourth-order valence-electron chi connectivity index (χ4n) is 2.60. The molecule has 21 heavy (non-hydrogen) atoms. The summed E-state index contributed by atoms with van der Waals surface area (Å²) in [6, 6.07) is -0.496. The van der Waals surface area contributed by atoms with Crippen molar-refractivity contribution in [2.45, 2.75) is 37.6 Å². The average molecular weight is 299 g/mol. The third-order valence-corrected chi connectivity index (χ3v) is 3.62. The second-order valence-corrected chi connectivity index (χ2v) is 5.12. The molecule has 0 aliphatic carbocycles. The zero-order valence-electron chi connectivity index (χ0n) is 11.4. The molecule has 2 bridgehead atoms. The van der Waals surface area contributed by atoms with Crippen LogP contribution in [0.4, 0.5) is 5.82 Å². The molecule has 0 aromatic carbocycles. The van der Waals surface area contributed by atoms with Crippen LogP contribution in [0.3, 0.4) is 0 Å². The molecule has 2 fully saturated rings. The van der Waals surface area contributed by atoms with Crippen LogP contribution in [-0.4, -0.2) is 57.4 Å². The molecular weight excluding hydrogens is 282 g/mol. The Kier molecular flexibility index (Phi) is 3.36. The smallest absolute Gasteiger partial charge is 0.343 e. The van der Waals surface area contributed by atoms with Crippen LogP contribution in [0, 0.1) is 0 Å². The number of anilines is 1. The number of rotatable bonds is 3. The molecule has 2 aliphatic rings. The normalized spacial score (nSPS) is 30.3. The highest BCUT2D eigenvalue weighted by Crippen LogP contribution is 2.39. The van der Waals surface area contributed by atoms with Gasteiger partial charge in [0.05, 0.1) is 19.3 Å². The van der Waals surface area contributed by atoms with Crippen molar-refractivity contribution in [2.75, 3.05) is 18.9 Å². The van der Waals surface area contributed by atoms with Gasteiger partial charge in [0.2, 0.25) is 12.1 Å². The zero-order chi connectivity index (χ0) is 15.2. The number of aliphatic hydroxyl groups is 2. The summed E-state index contributed by atoms with van der Waals surface area (Å²) in [5.41, 5.74) is 5.85. The Morgan fingerprint density at radius 3 is 3.14 bits per heavy atom. The van der Waals surface area contributed by atoms with E-state index in [2.05, 4.69) is 5.10 Å². The summed E-state index contributed by atoms with van der Waals surface area (Å²) >= 11 is 0. The van der Waals surface area contributed by atoms with Gasteiger partial charge in [0.15, 0.2) is 5.82 Å². The van der Waals surface area contributed by atoms with Gasteiger partial charge in [0, 0.05) is 12.6 Å². The van der Waals surface area contributed by atoms with Crippen LogP contribution >= 0.6 is 0 Å². The number of hydrogen-bond acceptors (Lipinski definition) is 8. The van der Waals surface area contributed by atoms with Crippen molar-refractivity contribution < 1.29 is 29.2 Å². The van der Waals surface area contributed by atoms with Crippen molar-refractivity contribution in [1.82, 2.24) is 9.78 Å². The second-order valence-electron chi connectivity index (χ2n) is 5.12. The minimum Gasteiger partial charge on any atom is -0.462 e. The lowest BCUT2D eigenvalue weighted by Crippen LogP contribution is -2.50. The monoisotopic (exact) mass is 299 g/mol. The summed E-state index contributed by atoms with van der Waals surface area (Å²) in [6.07, 6.45) is -0.0464. The summed E-state index contributed by atoms with van der Waals surface area (Å²) in [7, 11) is 0. The SMILES string of the molecule is CCOC(=O)c1cn(C2CC(O)(O)C3OCC2O3)nc1N. The maximum Gasteiger partial charge on any atom is 0.343 e. The van der Waals surface area contributed by atoms with E-state index >= 15 is 0 Å². The summed E-state index contributed by atoms with van der Waals surface area (Å²) in [5, 5.41) is 23.9. The topological polar surface area (TPSA) is 129 Å². The molecule has 3 atom stereocenters. The highest BCUT2D eigenvalue weighted by atomic mass is 16.8. The molecule has 4 N–H and O–H groups in total. The molecule has 116 valence electrons. The number of nitrogens with zero attached hydrogens (tertiary/aromatic N) is 2. The Labute approximate surface area is 120 Å². The van der Waals surface area contributed by atoms with Crippen LogP contribution in [0.1, 0.15) is 29.7 Å². The average Bonchev–Trinajstić information content (AvgIpc) is 3.00. The first-order valence-corrected chi connectivity index (χ1v) is 6.66. The first-order chi connectivity index (χ1) is 9.92. The number of nitrogens with two attached hydrogens (primary N) is 1. The third kappa shape index (κ3) is 2.38. The van der Waals surface area contributed by atoms with Crippen molar-refractivity contribution in [3.05, 3.63) is 11.8 Å². The number of carbonyl (C=O) groups is 1. The summed E-state index contributed by atoms with van der Waals surface area (Å²) in [5.74, 6) is -2.66. The summed E-state index contributed by atoms with van der Waals surface area (Å²) < 4.78 is 16.9. The van der Waals surface area contributed by atoms with Crippen molar-refractivity contribution in [3.63, 3.8) is 0 Å². The van der Waals surface area contributed by atoms with Gasteiger partial charge in [0.25, 0.3) is 0 Å². The van der Waals surface area contributed by atoms with Gasteiger partial charge in [-0.15, -0.1) is 0 Å². The molecule has 1 aromatic heterocycles. The number of ether oxygens (including phenoxy) is 3. The highest BCUT2D eigenvalue weighted by Gasteiger charge is 2.53. The fraction of sp³-hybridized carbons (Fsp3) is 0.667. The lowest BCUT2D eigenvalue weighted by Gasteiger charge is -2.36. The Morgan fingerprint density at radius 1 is 1.67 bits per heavy atom. The maximum absolute atomic E-state index is 11.7. The fourth-order valence-corrected chi connectivity index (χ4v) is 2.60. The van der Waals surface area contributed by atoms with E-state index < -0.39 is 24.1 Å². The maximum atomic E-state index is 11.7. The van der Waals surface area contributed by atoms with Crippen LogP contribution in [-0.2, 0) is 14.2 Å². The van der Waals surface area contributed by atoms with Crippen LogP contribution in [0.5, 0.6) is 0 Å². The lowest BCUT2D eigenvalue weighted by molar-refractivity contribution is -0.315. The van der Waals surface area contributed by atoms with Gasteiger partial charge >= 0.3 is 5.97 Å². The van der Waals surface area contributed by atoms with Crippen molar-refractivity contribution in [3.8, 4) is 0 Å². The third-order valence-electron chi connectivity index (χ3n) is 3.62. The van der Waals surface area contributed by atoms with E-state index in [4.69, 9.17) is 19.9 Å². The van der Waals surface area contributed by atoms with Crippen LogP contribution in [0.15, 0.2) is 6.20 Å². The predicted octanol–water partition coefficient (Wildman–Crippen LogP) is -0.991. The number of hydrogen-bond donors (Lipinski definition) is 3. The first-order valence-electron chi connectivity index (χ1n) is 6.66. The van der Waals surface area contributed by atoms with Gasteiger partial charge in [-0.05, 0) is 6.92 Å². The molecule has 0 radical (unpaired) electrons. The molecule has 2 saturated heterocycles. The van der Waals surface area contributed by atoms with Crippen LogP contribution in [0.2, 0.25) is 0 Å². The van der Waals surface area contributed by atoms with Gasteiger partial charge < -0.3 is 30.2 Å². The van der Waals surface area contributed by atoms with Gasteiger partial charge in [-0.2, -0.15) is 5.10 Å². The molecule has 0 spiro atoms. The van der Waals surface area contributed by atoms with Gasteiger partial charge in [0.1, 0.15) is 11.7 Å². The van der Waals surface area contributed by atoms with Gasteiger partial charge in [-0.25, -0.2) is 4.79 Å². The Bertz CT molecular complexity index is 557. The molecule has 9 heteroatoms. The standard InChI is InChI=1S/C12H17N3O6/c1-2-19-10(16)6-4-15(14-9(6)13)7-3-12(17,18)11-20-5-8(7)21-11/h4,7-8,11,17-18H,2-3,5H2,1H3,(H2,13,14). The molecule has 9 nitrogen and oxygen atoms in total. The summed E-state index contributed by atoms with van der Waals surface area (Å²) in [6.45, 7) is 2.13. The molecule has 3 heterocycles. The van der Waals surface area contributed by atoms with E-state index in [1.54, 1.807) is 6.92 Å². The van der Waals surface area contributed by atoms with E-state index in [9.17, 15) is 15.0 Å². The predicted molar refractivity (Wildman–Crippen MR) is 68.0 cm³/mol. The number of fused-ring (bicyclic) bond motifs is 2. The van der Waals surface area contributed by atoms with Crippen molar-refractivity contribution >= 4 is 11.8 Å². The molecular formula is C12H17N3O6. The molecule has 3 unspecified atom stereocenters. The first kappa shape index (κ1) is 14.3. The van der Waals surface area contributed by atoms with Crippen molar-refractivity contribution in [1.29, 1.82) is 0 Å². The van der Waals surface area contributed by atoms with Crippen molar-refractivity contribution in [2.24, 2.45) is 0 Å². The number of esters is 1. The molecule has 0 amide bonds. The molecule has 0 saturated carbocycles. The van der Waals surface area contributed by atoms with Gasteiger partial charge in [-0.3, -0.25) is 4.68 Å². The molecule has 1 aromatic rings. The minimum absolute atomic E-state index is 0.0240. The quantitative estimate of drug-likeness (QED) is 0.479. The Balaban J connectivity index is 1.87. The number of carbonyl (C=O) groups excluding carboxylic acids is 1. The van der Waals surface area contributed by atoms with Crippen LogP contribution in [0.25, 0.3) is 0 Å². The van der Waals surface area contributed by atoms with Gasteiger partial charge in [-0.1, -0.05) is 0 Å². The number of aromatic nitrogens is 2. The largest absolute Gasteiger partial charge is 0.462 e. The minimum atomic E-state index is -2.11. The van der Waals surface area contributed by atoms with E-state index in [1.165, 1.54) is 10.9 Å². The van der Waals surface area contributed by atoms with E-state index in [0.29, 0.717) is 0 Å². The summed E-state index contributed by atoms with van der Waals surface area (Å²) in [4.78, 5) is 11.7. The van der Waals surface area contributed by atoms with Crippen LogP contribution < -0.4 is 5.73 Å². The second kappa shape index (κ2) is 4.95. The molecule has 3 rings (SSSR count).